The first-order valence-corrected chi connectivity index (χ1v) is 9.48. The van der Waals surface area contributed by atoms with Crippen LogP contribution < -0.4 is 10.6 Å². The molecule has 0 radical (unpaired) electrons. The number of nitrogens with zero attached hydrogens (tertiary/aromatic N) is 3. The fourth-order valence-corrected chi connectivity index (χ4v) is 2.92. The van der Waals surface area contributed by atoms with Gasteiger partial charge in [0.15, 0.2) is 5.96 Å². The van der Waals surface area contributed by atoms with Gasteiger partial charge in [0.1, 0.15) is 0 Å². The number of pyridine rings is 1. The van der Waals surface area contributed by atoms with Gasteiger partial charge in [0, 0.05) is 31.5 Å². The van der Waals surface area contributed by atoms with Gasteiger partial charge in [-0.1, -0.05) is 18.2 Å². The van der Waals surface area contributed by atoms with E-state index in [-0.39, 0.29) is 35.8 Å². The molecule has 1 saturated heterocycles. The molecule has 156 valence electrons. The third-order valence-corrected chi connectivity index (χ3v) is 4.50. The number of non-ortho nitro benzene ring substituents is 1. The highest BCUT2D eigenvalue weighted by molar-refractivity contribution is 14.0. The quantitative estimate of drug-likeness (QED) is 0.194. The minimum absolute atomic E-state index is 0. The number of nitrogens with one attached hydrogen (secondary N) is 2. The molecule has 1 aliphatic rings. The first kappa shape index (κ1) is 23.0. The third-order valence-electron chi connectivity index (χ3n) is 4.50. The zero-order chi connectivity index (χ0) is 19.6. The number of hydrogen-bond acceptors (Lipinski definition) is 5. The first-order valence-electron chi connectivity index (χ1n) is 9.48. The largest absolute Gasteiger partial charge is 0.376 e. The van der Waals surface area contributed by atoms with Crippen LogP contribution in [0.2, 0.25) is 0 Å². The lowest BCUT2D eigenvalue weighted by atomic mass is 10.1. The summed E-state index contributed by atoms with van der Waals surface area (Å²) in [5.41, 5.74) is 1.90. The maximum Gasteiger partial charge on any atom is 0.269 e. The van der Waals surface area contributed by atoms with E-state index in [9.17, 15) is 10.1 Å². The molecule has 1 fully saturated rings. The summed E-state index contributed by atoms with van der Waals surface area (Å²) < 4.78 is 5.77. The first-order chi connectivity index (χ1) is 13.7. The second-order valence-corrected chi connectivity index (χ2v) is 6.63. The van der Waals surface area contributed by atoms with Crippen molar-refractivity contribution in [2.45, 2.75) is 38.5 Å². The van der Waals surface area contributed by atoms with Gasteiger partial charge >= 0.3 is 0 Å². The van der Waals surface area contributed by atoms with Crippen molar-refractivity contribution in [1.29, 1.82) is 0 Å². The highest BCUT2D eigenvalue weighted by atomic mass is 127. The average Bonchev–Trinajstić information content (AvgIpc) is 2.75. The van der Waals surface area contributed by atoms with Crippen molar-refractivity contribution >= 4 is 35.6 Å². The maximum atomic E-state index is 10.8. The molecule has 29 heavy (non-hydrogen) atoms. The van der Waals surface area contributed by atoms with Gasteiger partial charge < -0.3 is 15.4 Å². The molecule has 1 aliphatic heterocycles. The van der Waals surface area contributed by atoms with E-state index >= 15 is 0 Å². The number of halogens is 1. The van der Waals surface area contributed by atoms with Crippen molar-refractivity contribution in [2.75, 3.05) is 13.2 Å². The molecule has 0 saturated carbocycles. The number of nitro groups is 1. The summed E-state index contributed by atoms with van der Waals surface area (Å²) in [6.45, 7) is 2.47. The standard InChI is InChI=1S/C20H25N5O3.HI/c26-25(27)18-9-7-16(8-10-18)13-22-20(23-14-17-5-1-3-11-21-17)24-15-19-6-2-4-12-28-19;/h1,3,5,7-11,19H,2,4,6,12-15H2,(H2,22,23,24);1H. The van der Waals surface area contributed by atoms with Crippen LogP contribution in [0.15, 0.2) is 53.7 Å². The molecule has 0 spiro atoms. The van der Waals surface area contributed by atoms with Gasteiger partial charge in [-0.2, -0.15) is 0 Å². The molecule has 9 heteroatoms. The number of rotatable bonds is 7. The second kappa shape index (κ2) is 12.3. The molecule has 2 aromatic rings. The van der Waals surface area contributed by atoms with E-state index < -0.39 is 4.92 Å². The normalized spacial score (nSPS) is 16.6. The Labute approximate surface area is 187 Å². The summed E-state index contributed by atoms with van der Waals surface area (Å²) in [4.78, 5) is 19.3. The van der Waals surface area contributed by atoms with Crippen LogP contribution in [-0.4, -0.2) is 35.1 Å². The van der Waals surface area contributed by atoms with Crippen molar-refractivity contribution in [3.8, 4) is 0 Å². The number of aromatic nitrogens is 1. The lowest BCUT2D eigenvalue weighted by Gasteiger charge is -2.23. The molecule has 2 heterocycles. The van der Waals surface area contributed by atoms with Crippen molar-refractivity contribution in [3.63, 3.8) is 0 Å². The van der Waals surface area contributed by atoms with Crippen LogP contribution in [0.3, 0.4) is 0 Å². The molecule has 3 rings (SSSR count). The Morgan fingerprint density at radius 2 is 2.03 bits per heavy atom. The summed E-state index contributed by atoms with van der Waals surface area (Å²) in [6.07, 6.45) is 5.30. The average molecular weight is 511 g/mol. The van der Waals surface area contributed by atoms with Gasteiger partial charge in [0.25, 0.3) is 5.69 Å². The number of nitro benzene ring substituents is 1. The molecule has 2 N–H and O–H groups in total. The molecule has 0 aliphatic carbocycles. The molecule has 1 atom stereocenters. The molecular weight excluding hydrogens is 485 g/mol. The Hall–Kier alpha value is -2.27. The SMILES string of the molecule is I.O=[N+]([O-])c1ccc(CN=C(NCc2ccccn2)NCC2CCCCO2)cc1. The minimum atomic E-state index is -0.404. The third kappa shape index (κ3) is 7.94. The molecular formula is C20H26IN5O3. The predicted octanol–water partition coefficient (Wildman–Crippen LogP) is 3.41. The van der Waals surface area contributed by atoms with Crippen LogP contribution in [0.5, 0.6) is 0 Å². The summed E-state index contributed by atoms with van der Waals surface area (Å²) in [7, 11) is 0. The maximum absolute atomic E-state index is 10.8. The number of hydrogen-bond donors (Lipinski definition) is 2. The number of benzene rings is 1. The lowest BCUT2D eigenvalue weighted by Crippen LogP contribution is -2.42. The van der Waals surface area contributed by atoms with E-state index in [0.717, 1.165) is 30.7 Å². The van der Waals surface area contributed by atoms with Gasteiger partial charge in [-0.3, -0.25) is 15.1 Å². The minimum Gasteiger partial charge on any atom is -0.376 e. The number of guanidine groups is 1. The molecule has 8 nitrogen and oxygen atoms in total. The van der Waals surface area contributed by atoms with Crippen LogP contribution in [0.25, 0.3) is 0 Å². The summed E-state index contributed by atoms with van der Waals surface area (Å²) in [6, 6.07) is 12.2. The van der Waals surface area contributed by atoms with E-state index in [1.165, 1.54) is 18.6 Å². The van der Waals surface area contributed by atoms with Crippen LogP contribution in [-0.2, 0) is 17.8 Å². The number of ether oxygens (including phenoxy) is 1. The lowest BCUT2D eigenvalue weighted by molar-refractivity contribution is -0.384. The van der Waals surface area contributed by atoms with E-state index in [2.05, 4.69) is 20.6 Å². The van der Waals surface area contributed by atoms with E-state index in [0.29, 0.717) is 25.6 Å². The Kier molecular flexibility index (Phi) is 9.78. The van der Waals surface area contributed by atoms with Crippen molar-refractivity contribution < 1.29 is 9.66 Å². The predicted molar refractivity (Wildman–Crippen MR) is 122 cm³/mol. The van der Waals surface area contributed by atoms with Crippen LogP contribution >= 0.6 is 24.0 Å². The van der Waals surface area contributed by atoms with E-state index in [4.69, 9.17) is 4.74 Å². The Morgan fingerprint density at radius 1 is 1.21 bits per heavy atom. The molecule has 1 aromatic heterocycles. The van der Waals surface area contributed by atoms with Gasteiger partial charge in [-0.15, -0.1) is 24.0 Å². The van der Waals surface area contributed by atoms with Crippen LogP contribution in [0.4, 0.5) is 5.69 Å². The Bertz CT molecular complexity index is 780. The zero-order valence-corrected chi connectivity index (χ0v) is 18.5. The molecule has 1 unspecified atom stereocenters. The summed E-state index contributed by atoms with van der Waals surface area (Å²) in [5.74, 6) is 0.665. The number of aliphatic imine (C=N–C) groups is 1. The van der Waals surface area contributed by atoms with Crippen molar-refractivity contribution in [2.24, 2.45) is 4.99 Å². The van der Waals surface area contributed by atoms with Crippen LogP contribution in [0, 0.1) is 10.1 Å². The monoisotopic (exact) mass is 511 g/mol. The van der Waals surface area contributed by atoms with Gasteiger partial charge in [-0.25, -0.2) is 4.99 Å². The molecule has 1 aromatic carbocycles. The highest BCUT2D eigenvalue weighted by Crippen LogP contribution is 2.13. The van der Waals surface area contributed by atoms with Gasteiger partial charge in [-0.05, 0) is 37.0 Å². The Balaban J connectivity index is 0.00000300. The highest BCUT2D eigenvalue weighted by Gasteiger charge is 2.14. The van der Waals surface area contributed by atoms with Crippen molar-refractivity contribution in [1.82, 2.24) is 15.6 Å². The fourth-order valence-electron chi connectivity index (χ4n) is 2.92. The fraction of sp³-hybridized carbons (Fsp3) is 0.400. The van der Waals surface area contributed by atoms with E-state index in [1.54, 1.807) is 18.3 Å². The van der Waals surface area contributed by atoms with Crippen molar-refractivity contribution in [3.05, 3.63) is 70.0 Å². The molecule has 0 amide bonds. The zero-order valence-electron chi connectivity index (χ0n) is 16.1. The van der Waals surface area contributed by atoms with Crippen LogP contribution in [0.1, 0.15) is 30.5 Å². The molecule has 0 bridgehead atoms. The summed E-state index contributed by atoms with van der Waals surface area (Å²) >= 11 is 0. The summed E-state index contributed by atoms with van der Waals surface area (Å²) in [5, 5.41) is 17.4. The topological polar surface area (TPSA) is 102 Å². The van der Waals surface area contributed by atoms with Gasteiger partial charge in [0.2, 0.25) is 0 Å². The Morgan fingerprint density at radius 3 is 2.69 bits per heavy atom. The van der Waals surface area contributed by atoms with Gasteiger partial charge in [0.05, 0.1) is 29.8 Å². The smallest absolute Gasteiger partial charge is 0.269 e. The van der Waals surface area contributed by atoms with E-state index in [1.807, 2.05) is 18.2 Å². The second-order valence-electron chi connectivity index (χ2n) is 6.63.